The molecule has 0 heterocycles. The van der Waals surface area contributed by atoms with Crippen LogP contribution >= 0.6 is 23.2 Å². The van der Waals surface area contributed by atoms with Gasteiger partial charge in [-0.3, -0.25) is 0 Å². The summed E-state index contributed by atoms with van der Waals surface area (Å²) in [4.78, 5) is 2.03. The van der Waals surface area contributed by atoms with E-state index in [-0.39, 0.29) is 0 Å². The molecule has 0 saturated heterocycles. The lowest BCUT2D eigenvalue weighted by Crippen LogP contribution is -2.24. The molecule has 0 aromatic heterocycles. The molecule has 2 aromatic rings. The largest absolute Gasteiger partial charge is 0.489 e. The van der Waals surface area contributed by atoms with E-state index in [2.05, 4.69) is 0 Å². The van der Waals surface area contributed by atoms with E-state index >= 15 is 0 Å². The summed E-state index contributed by atoms with van der Waals surface area (Å²) in [6.45, 7) is 1.14. The Labute approximate surface area is 128 Å². The van der Waals surface area contributed by atoms with Crippen LogP contribution in [0.25, 0.3) is 0 Å². The number of hydrogen-bond acceptors (Lipinski definition) is 3. The predicted octanol–water partition coefficient (Wildman–Crippen LogP) is 4.09. The average Bonchev–Trinajstić information content (AvgIpc) is 2.42. The number of likely N-dealkylation sites (N-methyl/N-ethyl adjacent to an activating group) is 1. The summed E-state index contributed by atoms with van der Waals surface area (Å²) in [5.74, 6) is 0.519. The second-order valence-electron chi connectivity index (χ2n) is 4.38. The summed E-state index contributed by atoms with van der Waals surface area (Å²) in [5.41, 5.74) is 7.64. The SMILES string of the molecule is CN(CCOc1c(Cl)cccc1Cl)c1ccccc1N. The van der Waals surface area contributed by atoms with Gasteiger partial charge < -0.3 is 15.4 Å². The quantitative estimate of drug-likeness (QED) is 0.845. The van der Waals surface area contributed by atoms with Crippen molar-refractivity contribution in [1.29, 1.82) is 0 Å². The third-order valence-electron chi connectivity index (χ3n) is 2.94. The van der Waals surface area contributed by atoms with E-state index in [0.717, 1.165) is 11.4 Å². The van der Waals surface area contributed by atoms with Crippen LogP contribution < -0.4 is 15.4 Å². The molecule has 3 nitrogen and oxygen atoms in total. The van der Waals surface area contributed by atoms with Gasteiger partial charge in [-0.15, -0.1) is 0 Å². The minimum Gasteiger partial charge on any atom is -0.489 e. The van der Waals surface area contributed by atoms with Crippen LogP contribution in [-0.4, -0.2) is 20.2 Å². The maximum absolute atomic E-state index is 6.04. The molecule has 0 aliphatic carbocycles. The van der Waals surface area contributed by atoms with Gasteiger partial charge in [-0.25, -0.2) is 0 Å². The van der Waals surface area contributed by atoms with Gasteiger partial charge in [-0.2, -0.15) is 0 Å². The van der Waals surface area contributed by atoms with Gasteiger partial charge in [0.2, 0.25) is 0 Å². The lowest BCUT2D eigenvalue weighted by molar-refractivity contribution is 0.326. The van der Waals surface area contributed by atoms with E-state index in [4.69, 9.17) is 33.7 Å². The molecular weight excluding hydrogens is 295 g/mol. The molecule has 106 valence electrons. The first-order valence-electron chi connectivity index (χ1n) is 6.22. The van der Waals surface area contributed by atoms with Crippen LogP contribution in [0.2, 0.25) is 10.0 Å². The van der Waals surface area contributed by atoms with Crippen LogP contribution in [0.5, 0.6) is 5.75 Å². The topological polar surface area (TPSA) is 38.5 Å². The lowest BCUT2D eigenvalue weighted by atomic mass is 10.2. The standard InChI is InChI=1S/C15H16Cl2N2O/c1-19(14-8-3-2-7-13(14)18)9-10-20-15-11(16)5-4-6-12(15)17/h2-8H,9-10,18H2,1H3. The maximum Gasteiger partial charge on any atom is 0.156 e. The fourth-order valence-corrected chi connectivity index (χ4v) is 2.37. The molecule has 0 spiro atoms. The number of nitrogen functional groups attached to an aromatic ring is 1. The first kappa shape index (κ1) is 14.8. The van der Waals surface area contributed by atoms with Crippen molar-refractivity contribution in [1.82, 2.24) is 0 Å². The van der Waals surface area contributed by atoms with Crippen LogP contribution in [0.3, 0.4) is 0 Å². The zero-order valence-corrected chi connectivity index (χ0v) is 12.7. The Morgan fingerprint density at radius 2 is 1.70 bits per heavy atom. The summed E-state index contributed by atoms with van der Waals surface area (Å²) < 4.78 is 5.65. The molecule has 20 heavy (non-hydrogen) atoms. The summed E-state index contributed by atoms with van der Waals surface area (Å²) in [6, 6.07) is 13.0. The van der Waals surface area contributed by atoms with Crippen molar-refractivity contribution >= 4 is 34.6 Å². The second kappa shape index (κ2) is 6.73. The fraction of sp³-hybridized carbons (Fsp3) is 0.200. The number of para-hydroxylation sites is 3. The van der Waals surface area contributed by atoms with Gasteiger partial charge in [-0.05, 0) is 24.3 Å². The Morgan fingerprint density at radius 1 is 1.05 bits per heavy atom. The molecule has 0 aliphatic heterocycles. The Kier molecular flexibility index (Phi) is 4.99. The lowest BCUT2D eigenvalue weighted by Gasteiger charge is -2.21. The summed E-state index contributed by atoms with van der Waals surface area (Å²) in [6.07, 6.45) is 0. The maximum atomic E-state index is 6.04. The molecule has 2 aromatic carbocycles. The van der Waals surface area contributed by atoms with Gasteiger partial charge in [0.25, 0.3) is 0 Å². The van der Waals surface area contributed by atoms with Crippen LogP contribution in [0.15, 0.2) is 42.5 Å². The van der Waals surface area contributed by atoms with Gasteiger partial charge in [-0.1, -0.05) is 41.4 Å². The first-order valence-corrected chi connectivity index (χ1v) is 6.97. The van der Waals surface area contributed by atoms with Crippen molar-refractivity contribution in [2.45, 2.75) is 0 Å². The first-order chi connectivity index (χ1) is 9.59. The van der Waals surface area contributed by atoms with Crippen molar-refractivity contribution in [2.75, 3.05) is 30.8 Å². The Hall–Kier alpha value is -1.58. The molecule has 0 saturated carbocycles. The molecule has 0 bridgehead atoms. The molecule has 0 radical (unpaired) electrons. The fourth-order valence-electron chi connectivity index (χ4n) is 1.86. The molecular formula is C15H16Cl2N2O. The van der Waals surface area contributed by atoms with Gasteiger partial charge in [0, 0.05) is 7.05 Å². The minimum atomic E-state index is 0.467. The van der Waals surface area contributed by atoms with Crippen molar-refractivity contribution in [3.05, 3.63) is 52.5 Å². The molecule has 0 amide bonds. The van der Waals surface area contributed by atoms with Crippen molar-refractivity contribution in [2.24, 2.45) is 0 Å². The number of anilines is 2. The van der Waals surface area contributed by atoms with E-state index in [9.17, 15) is 0 Å². The number of ether oxygens (including phenoxy) is 1. The summed E-state index contributed by atoms with van der Waals surface area (Å²) in [5, 5.41) is 1.03. The Bertz CT molecular complexity index is 570. The van der Waals surface area contributed by atoms with E-state index < -0.39 is 0 Å². The molecule has 0 aliphatic rings. The molecule has 5 heteroatoms. The molecule has 2 rings (SSSR count). The average molecular weight is 311 g/mol. The number of hydrogen-bond donors (Lipinski definition) is 1. The Balaban J connectivity index is 1.95. The van der Waals surface area contributed by atoms with Crippen molar-refractivity contribution in [3.8, 4) is 5.75 Å². The van der Waals surface area contributed by atoms with Gasteiger partial charge in [0.15, 0.2) is 5.75 Å². The minimum absolute atomic E-state index is 0.467. The number of benzene rings is 2. The van der Waals surface area contributed by atoms with E-state index in [0.29, 0.717) is 28.9 Å². The number of nitrogens with two attached hydrogens (primary N) is 1. The number of halogens is 2. The van der Waals surface area contributed by atoms with E-state index in [1.54, 1.807) is 18.2 Å². The van der Waals surface area contributed by atoms with Crippen LogP contribution in [0.1, 0.15) is 0 Å². The molecule has 0 fully saturated rings. The number of rotatable bonds is 5. The highest BCUT2D eigenvalue weighted by Gasteiger charge is 2.08. The van der Waals surface area contributed by atoms with Crippen molar-refractivity contribution in [3.63, 3.8) is 0 Å². The van der Waals surface area contributed by atoms with Crippen LogP contribution in [0.4, 0.5) is 11.4 Å². The molecule has 0 unspecified atom stereocenters. The number of nitrogens with zero attached hydrogens (tertiary/aromatic N) is 1. The molecule has 0 atom stereocenters. The molecule has 2 N–H and O–H groups in total. The van der Waals surface area contributed by atoms with Gasteiger partial charge in [0.05, 0.1) is 28.0 Å². The van der Waals surface area contributed by atoms with E-state index in [1.165, 1.54) is 0 Å². The van der Waals surface area contributed by atoms with Crippen LogP contribution in [-0.2, 0) is 0 Å². The summed E-state index contributed by atoms with van der Waals surface area (Å²) >= 11 is 12.1. The highest BCUT2D eigenvalue weighted by Crippen LogP contribution is 2.32. The van der Waals surface area contributed by atoms with Crippen molar-refractivity contribution < 1.29 is 4.74 Å². The third-order valence-corrected chi connectivity index (χ3v) is 3.54. The monoisotopic (exact) mass is 310 g/mol. The predicted molar refractivity (Wildman–Crippen MR) is 86.1 cm³/mol. The zero-order chi connectivity index (χ0) is 14.5. The summed E-state index contributed by atoms with van der Waals surface area (Å²) in [7, 11) is 1.96. The second-order valence-corrected chi connectivity index (χ2v) is 5.19. The van der Waals surface area contributed by atoms with Gasteiger partial charge >= 0.3 is 0 Å². The third kappa shape index (κ3) is 3.50. The van der Waals surface area contributed by atoms with Gasteiger partial charge in [0.1, 0.15) is 6.61 Å². The van der Waals surface area contributed by atoms with E-state index in [1.807, 2.05) is 36.2 Å². The normalized spacial score (nSPS) is 10.3. The highest BCUT2D eigenvalue weighted by atomic mass is 35.5. The Morgan fingerprint density at radius 3 is 2.35 bits per heavy atom. The van der Waals surface area contributed by atoms with Crippen LogP contribution in [0, 0.1) is 0 Å². The zero-order valence-electron chi connectivity index (χ0n) is 11.1. The highest BCUT2D eigenvalue weighted by molar-refractivity contribution is 6.37. The smallest absolute Gasteiger partial charge is 0.156 e.